The molecule has 1 heterocycles. The van der Waals surface area contributed by atoms with Gasteiger partial charge in [0.1, 0.15) is 6.04 Å². The molecule has 1 aromatic rings. The van der Waals surface area contributed by atoms with Gasteiger partial charge in [0.2, 0.25) is 0 Å². The van der Waals surface area contributed by atoms with Crippen LogP contribution in [0.2, 0.25) is 0 Å². The number of amides is 1. The molecule has 0 saturated carbocycles. The predicted octanol–water partition coefficient (Wildman–Crippen LogP) is 0.658. The maximum absolute atomic E-state index is 11.7. The van der Waals surface area contributed by atoms with Crippen molar-refractivity contribution >= 4 is 11.9 Å². The lowest BCUT2D eigenvalue weighted by molar-refractivity contribution is -0.143. The lowest BCUT2D eigenvalue weighted by Gasteiger charge is -2.16. The first kappa shape index (κ1) is 14.1. The molecule has 1 amide bonds. The minimum absolute atomic E-state index is 0.317. The smallest absolute Gasteiger partial charge is 0.324 e. The quantitative estimate of drug-likeness (QED) is 0.573. The molecule has 0 bridgehead atoms. The number of nitrogens with zero attached hydrogens (tertiary/aromatic N) is 1. The number of hydrogen-bond acceptors (Lipinski definition) is 5. The van der Waals surface area contributed by atoms with E-state index in [1.54, 1.807) is 12.1 Å². The van der Waals surface area contributed by atoms with Crippen LogP contribution in [-0.4, -0.2) is 30.0 Å². The van der Waals surface area contributed by atoms with Crippen molar-refractivity contribution in [1.82, 2.24) is 15.8 Å². The molecule has 0 aliphatic carbocycles. The number of esters is 1. The third-order valence-corrected chi connectivity index (χ3v) is 2.37. The second-order valence-corrected chi connectivity index (χ2v) is 3.70. The first-order valence-corrected chi connectivity index (χ1v) is 5.72. The molecule has 1 atom stereocenters. The van der Waals surface area contributed by atoms with Crippen molar-refractivity contribution in [2.45, 2.75) is 25.8 Å². The summed E-state index contributed by atoms with van der Waals surface area (Å²) in [6.45, 7) is 1.95. The van der Waals surface area contributed by atoms with Gasteiger partial charge in [-0.15, -0.1) is 0 Å². The van der Waals surface area contributed by atoms with Crippen LogP contribution in [0.3, 0.4) is 0 Å². The van der Waals surface area contributed by atoms with Gasteiger partial charge in [-0.1, -0.05) is 13.3 Å². The zero-order valence-electron chi connectivity index (χ0n) is 10.5. The van der Waals surface area contributed by atoms with Crippen LogP contribution in [0.4, 0.5) is 0 Å². The van der Waals surface area contributed by atoms with E-state index >= 15 is 0 Å². The summed E-state index contributed by atoms with van der Waals surface area (Å²) in [6.07, 6.45) is 4.44. The molecule has 6 heteroatoms. The Kier molecular flexibility index (Phi) is 5.79. The van der Waals surface area contributed by atoms with E-state index in [1.807, 2.05) is 6.92 Å². The number of nitrogens with one attached hydrogen (secondary N) is 2. The van der Waals surface area contributed by atoms with E-state index < -0.39 is 12.0 Å². The average molecular weight is 251 g/mol. The number of pyridine rings is 1. The Balaban J connectivity index is 2.52. The summed E-state index contributed by atoms with van der Waals surface area (Å²) in [7, 11) is 1.32. The van der Waals surface area contributed by atoms with Gasteiger partial charge in [0.15, 0.2) is 0 Å². The largest absolute Gasteiger partial charge is 0.468 e. The molecule has 0 aliphatic rings. The van der Waals surface area contributed by atoms with E-state index in [1.165, 1.54) is 19.5 Å². The summed E-state index contributed by atoms with van der Waals surface area (Å²) >= 11 is 0. The Bertz CT molecular complexity index is 395. The van der Waals surface area contributed by atoms with Gasteiger partial charge in [-0.05, 0) is 18.6 Å². The Labute approximate surface area is 106 Å². The molecule has 1 rings (SSSR count). The SMILES string of the molecule is CCC[C@H](NNC(=O)c1ccncc1)C(=O)OC. The van der Waals surface area contributed by atoms with Crippen LogP contribution >= 0.6 is 0 Å². The molecule has 0 unspecified atom stereocenters. The number of carbonyl (C=O) groups is 2. The van der Waals surface area contributed by atoms with Gasteiger partial charge in [0.25, 0.3) is 5.91 Å². The highest BCUT2D eigenvalue weighted by atomic mass is 16.5. The number of hydrogen-bond donors (Lipinski definition) is 2. The Morgan fingerprint density at radius 3 is 2.61 bits per heavy atom. The molecule has 0 saturated heterocycles. The highest BCUT2D eigenvalue weighted by Gasteiger charge is 2.18. The Hall–Kier alpha value is -1.95. The second kappa shape index (κ2) is 7.39. The normalized spacial score (nSPS) is 11.7. The van der Waals surface area contributed by atoms with Gasteiger partial charge in [0.05, 0.1) is 7.11 Å². The zero-order valence-corrected chi connectivity index (χ0v) is 10.5. The van der Waals surface area contributed by atoms with Crippen LogP contribution in [0.5, 0.6) is 0 Å². The molecule has 18 heavy (non-hydrogen) atoms. The summed E-state index contributed by atoms with van der Waals surface area (Å²) in [4.78, 5) is 26.9. The standard InChI is InChI=1S/C12H17N3O3/c1-3-4-10(12(17)18-2)14-15-11(16)9-5-7-13-8-6-9/h5-8,10,14H,3-4H2,1-2H3,(H,15,16)/t10-/m0/s1. The van der Waals surface area contributed by atoms with Gasteiger partial charge in [-0.25, -0.2) is 5.43 Å². The van der Waals surface area contributed by atoms with Crippen LogP contribution < -0.4 is 10.9 Å². The van der Waals surface area contributed by atoms with Crippen LogP contribution in [0.25, 0.3) is 0 Å². The van der Waals surface area contributed by atoms with E-state index in [0.717, 1.165) is 6.42 Å². The molecule has 0 aromatic carbocycles. The van der Waals surface area contributed by atoms with Gasteiger partial charge in [-0.3, -0.25) is 20.0 Å². The summed E-state index contributed by atoms with van der Waals surface area (Å²) in [5.41, 5.74) is 5.63. The highest BCUT2D eigenvalue weighted by Crippen LogP contribution is 1.99. The molecule has 0 fully saturated rings. The first-order valence-electron chi connectivity index (χ1n) is 5.72. The summed E-state index contributed by atoms with van der Waals surface area (Å²) < 4.78 is 4.64. The third kappa shape index (κ3) is 4.14. The minimum Gasteiger partial charge on any atom is -0.468 e. The number of carbonyl (C=O) groups excluding carboxylic acids is 2. The molecule has 6 nitrogen and oxygen atoms in total. The number of ether oxygens (including phenoxy) is 1. The number of methoxy groups -OCH3 is 1. The Morgan fingerprint density at radius 1 is 1.39 bits per heavy atom. The van der Waals surface area contributed by atoms with Crippen molar-refractivity contribution in [2.75, 3.05) is 7.11 Å². The predicted molar refractivity (Wildman–Crippen MR) is 65.6 cm³/mol. The molecule has 2 N–H and O–H groups in total. The topological polar surface area (TPSA) is 80.3 Å². The van der Waals surface area contributed by atoms with Crippen molar-refractivity contribution in [3.05, 3.63) is 30.1 Å². The lowest BCUT2D eigenvalue weighted by Crippen LogP contribution is -2.48. The van der Waals surface area contributed by atoms with E-state index in [0.29, 0.717) is 12.0 Å². The Morgan fingerprint density at radius 2 is 2.06 bits per heavy atom. The first-order chi connectivity index (χ1) is 8.69. The average Bonchev–Trinajstić information content (AvgIpc) is 2.43. The maximum Gasteiger partial charge on any atom is 0.324 e. The van der Waals surface area contributed by atoms with Gasteiger partial charge in [-0.2, -0.15) is 0 Å². The molecule has 0 aliphatic heterocycles. The van der Waals surface area contributed by atoms with Gasteiger partial charge < -0.3 is 4.74 Å². The fourth-order valence-electron chi connectivity index (χ4n) is 1.41. The molecule has 98 valence electrons. The highest BCUT2D eigenvalue weighted by molar-refractivity contribution is 5.93. The number of hydrazine groups is 1. The van der Waals surface area contributed by atoms with E-state index in [-0.39, 0.29) is 5.91 Å². The van der Waals surface area contributed by atoms with Crippen LogP contribution in [0.15, 0.2) is 24.5 Å². The lowest BCUT2D eigenvalue weighted by atomic mass is 10.2. The fraction of sp³-hybridized carbons (Fsp3) is 0.417. The molecule has 1 aromatic heterocycles. The van der Waals surface area contributed by atoms with Crippen LogP contribution in [0.1, 0.15) is 30.1 Å². The monoisotopic (exact) mass is 251 g/mol. The summed E-state index contributed by atoms with van der Waals surface area (Å²) in [6, 6.07) is 2.64. The number of rotatable bonds is 6. The molecular weight excluding hydrogens is 234 g/mol. The van der Waals surface area contributed by atoms with Gasteiger partial charge >= 0.3 is 5.97 Å². The summed E-state index contributed by atoms with van der Waals surface area (Å²) in [5, 5.41) is 0. The fourth-order valence-corrected chi connectivity index (χ4v) is 1.41. The second-order valence-electron chi connectivity index (χ2n) is 3.70. The van der Waals surface area contributed by atoms with Crippen molar-refractivity contribution in [3.63, 3.8) is 0 Å². The zero-order chi connectivity index (χ0) is 13.4. The van der Waals surface area contributed by atoms with Crippen molar-refractivity contribution in [3.8, 4) is 0 Å². The molecular formula is C12H17N3O3. The van der Waals surface area contributed by atoms with Crippen molar-refractivity contribution in [2.24, 2.45) is 0 Å². The van der Waals surface area contributed by atoms with Crippen molar-refractivity contribution < 1.29 is 14.3 Å². The third-order valence-electron chi connectivity index (χ3n) is 2.37. The molecule has 0 radical (unpaired) electrons. The van der Waals surface area contributed by atoms with Crippen LogP contribution in [0, 0.1) is 0 Å². The van der Waals surface area contributed by atoms with E-state index in [2.05, 4.69) is 20.6 Å². The van der Waals surface area contributed by atoms with Gasteiger partial charge in [0, 0.05) is 18.0 Å². The number of aromatic nitrogens is 1. The van der Waals surface area contributed by atoms with Crippen LogP contribution in [-0.2, 0) is 9.53 Å². The minimum atomic E-state index is -0.536. The molecule has 0 spiro atoms. The maximum atomic E-state index is 11.7. The summed E-state index contributed by atoms with van der Waals surface area (Å²) in [5.74, 6) is -0.714. The van der Waals surface area contributed by atoms with E-state index in [4.69, 9.17) is 0 Å². The van der Waals surface area contributed by atoms with Crippen molar-refractivity contribution in [1.29, 1.82) is 0 Å². The van der Waals surface area contributed by atoms with E-state index in [9.17, 15) is 9.59 Å².